The first-order chi connectivity index (χ1) is 36.1. The fourth-order valence-electron chi connectivity index (χ4n) is 10.2. The van der Waals surface area contributed by atoms with E-state index in [1.165, 1.54) is 289 Å². The highest BCUT2D eigenvalue weighted by molar-refractivity contribution is 5.70. The van der Waals surface area contributed by atoms with Gasteiger partial charge in [-0.15, -0.1) is 0 Å². The Labute approximate surface area is 456 Å². The van der Waals surface area contributed by atoms with E-state index in [1.807, 2.05) is 0 Å². The van der Waals surface area contributed by atoms with Crippen LogP contribution in [0.5, 0.6) is 0 Å². The standard InChI is InChI=1S/C68H128O5/c1-3-5-7-9-11-13-15-17-19-21-23-24-25-26-27-28-29-30-31-32-33-34-35-36-37-38-39-40-41-42-43-44-45-47-48-50-52-54-56-58-60-62-67(70)72-65-66(64-69)73-68(71)63-61-59-57-55-53-51-49-46-22-20-18-16-14-12-10-8-6-4-2/h14,16,20-23,66,69H,3-13,15,17-19,24-65H2,1-2H3/b16-14-,22-20-,23-21-. The Morgan fingerprint density at radius 2 is 0.548 bits per heavy atom. The van der Waals surface area contributed by atoms with E-state index < -0.39 is 6.10 Å². The van der Waals surface area contributed by atoms with Crippen molar-refractivity contribution < 1.29 is 24.2 Å². The molecule has 0 aliphatic carbocycles. The SMILES string of the molecule is CCCCCC/C=C\C/C=C\CCCCCCCCCC(=O)OC(CO)COC(=O)CCCCCCCCCCCCCCCCCCCCCCCCCCCCCCC/C=C\CCCCCCCCCC. The Kier molecular flexibility index (Phi) is 62.7. The van der Waals surface area contributed by atoms with Gasteiger partial charge in [0.15, 0.2) is 6.10 Å². The van der Waals surface area contributed by atoms with Crippen molar-refractivity contribution in [1.82, 2.24) is 0 Å². The van der Waals surface area contributed by atoms with Gasteiger partial charge in [0.05, 0.1) is 6.61 Å². The maximum Gasteiger partial charge on any atom is 0.306 e. The van der Waals surface area contributed by atoms with Gasteiger partial charge >= 0.3 is 11.9 Å². The number of hydrogen-bond donors (Lipinski definition) is 1. The first kappa shape index (κ1) is 71.1. The molecule has 0 amide bonds. The van der Waals surface area contributed by atoms with Gasteiger partial charge in [-0.25, -0.2) is 0 Å². The molecule has 0 aromatic heterocycles. The molecule has 73 heavy (non-hydrogen) atoms. The summed E-state index contributed by atoms with van der Waals surface area (Å²) in [5.74, 6) is -0.582. The van der Waals surface area contributed by atoms with Crippen LogP contribution in [0, 0.1) is 0 Å². The number of ether oxygens (including phenoxy) is 2. The average Bonchev–Trinajstić information content (AvgIpc) is 3.39. The molecule has 0 radical (unpaired) electrons. The lowest BCUT2D eigenvalue weighted by Crippen LogP contribution is -2.28. The molecule has 0 saturated heterocycles. The summed E-state index contributed by atoms with van der Waals surface area (Å²) in [6, 6.07) is 0. The lowest BCUT2D eigenvalue weighted by Gasteiger charge is -2.15. The Balaban J connectivity index is 3.35. The number of unbranched alkanes of at least 4 members (excludes halogenated alkanes) is 48. The molecular formula is C68H128O5. The molecule has 0 rings (SSSR count). The van der Waals surface area contributed by atoms with E-state index in [0.717, 1.165) is 51.4 Å². The van der Waals surface area contributed by atoms with Crippen LogP contribution in [0.3, 0.4) is 0 Å². The number of esters is 2. The molecule has 1 unspecified atom stereocenters. The fourth-order valence-corrected chi connectivity index (χ4v) is 10.2. The molecule has 0 heterocycles. The summed E-state index contributed by atoms with van der Waals surface area (Å²) in [6.07, 6.45) is 84.7. The number of aliphatic hydroxyl groups is 1. The number of carbonyl (C=O) groups excluding carboxylic acids is 2. The molecule has 0 saturated carbocycles. The molecule has 0 spiro atoms. The zero-order valence-corrected chi connectivity index (χ0v) is 49.4. The number of carbonyl (C=O) groups is 2. The molecule has 430 valence electrons. The van der Waals surface area contributed by atoms with Crippen LogP contribution < -0.4 is 0 Å². The molecule has 1 N–H and O–H groups in total. The topological polar surface area (TPSA) is 72.8 Å². The van der Waals surface area contributed by atoms with E-state index in [2.05, 4.69) is 50.3 Å². The third-order valence-electron chi connectivity index (χ3n) is 15.2. The van der Waals surface area contributed by atoms with Crippen LogP contribution in [0.2, 0.25) is 0 Å². The van der Waals surface area contributed by atoms with Gasteiger partial charge in [-0.1, -0.05) is 320 Å². The van der Waals surface area contributed by atoms with Crippen LogP contribution in [0.25, 0.3) is 0 Å². The predicted molar refractivity (Wildman–Crippen MR) is 321 cm³/mol. The van der Waals surface area contributed by atoms with Gasteiger partial charge in [-0.05, 0) is 70.6 Å². The van der Waals surface area contributed by atoms with Gasteiger partial charge in [0.2, 0.25) is 0 Å². The molecular weight excluding hydrogens is 897 g/mol. The minimum atomic E-state index is -0.774. The van der Waals surface area contributed by atoms with Crippen molar-refractivity contribution in [2.75, 3.05) is 13.2 Å². The van der Waals surface area contributed by atoms with E-state index in [-0.39, 0.29) is 25.2 Å². The molecule has 1 atom stereocenters. The van der Waals surface area contributed by atoms with Crippen LogP contribution in [0.15, 0.2) is 36.5 Å². The minimum Gasteiger partial charge on any atom is -0.462 e. The lowest BCUT2D eigenvalue weighted by molar-refractivity contribution is -0.161. The maximum absolute atomic E-state index is 12.3. The van der Waals surface area contributed by atoms with Crippen molar-refractivity contribution in [2.24, 2.45) is 0 Å². The Morgan fingerprint density at radius 1 is 0.315 bits per heavy atom. The zero-order chi connectivity index (χ0) is 52.7. The second-order valence-electron chi connectivity index (χ2n) is 22.5. The molecule has 5 nitrogen and oxygen atoms in total. The molecule has 0 aliphatic heterocycles. The summed E-state index contributed by atoms with van der Waals surface area (Å²) in [7, 11) is 0. The third-order valence-corrected chi connectivity index (χ3v) is 15.2. The van der Waals surface area contributed by atoms with Crippen LogP contribution in [0.1, 0.15) is 367 Å². The molecule has 0 aromatic carbocycles. The van der Waals surface area contributed by atoms with E-state index in [0.29, 0.717) is 12.8 Å². The van der Waals surface area contributed by atoms with Crippen molar-refractivity contribution in [1.29, 1.82) is 0 Å². The summed E-state index contributed by atoms with van der Waals surface area (Å²) in [5, 5.41) is 9.66. The van der Waals surface area contributed by atoms with E-state index in [1.54, 1.807) is 0 Å². The van der Waals surface area contributed by atoms with E-state index >= 15 is 0 Å². The fraction of sp³-hybridized carbons (Fsp3) is 0.882. The van der Waals surface area contributed by atoms with Crippen LogP contribution in [0.4, 0.5) is 0 Å². The van der Waals surface area contributed by atoms with Gasteiger partial charge in [-0.3, -0.25) is 9.59 Å². The highest BCUT2D eigenvalue weighted by atomic mass is 16.6. The highest BCUT2D eigenvalue weighted by Gasteiger charge is 2.16. The van der Waals surface area contributed by atoms with Crippen molar-refractivity contribution in [3.63, 3.8) is 0 Å². The predicted octanol–water partition coefficient (Wildman–Crippen LogP) is 22.6. The maximum atomic E-state index is 12.3. The lowest BCUT2D eigenvalue weighted by atomic mass is 10.0. The van der Waals surface area contributed by atoms with E-state index in [9.17, 15) is 14.7 Å². The van der Waals surface area contributed by atoms with Gasteiger partial charge < -0.3 is 14.6 Å². The second kappa shape index (κ2) is 64.4. The minimum absolute atomic E-state index is 0.0644. The van der Waals surface area contributed by atoms with Crippen molar-refractivity contribution >= 4 is 11.9 Å². The molecule has 0 fully saturated rings. The quantitative estimate of drug-likeness (QED) is 0.0373. The Morgan fingerprint density at radius 3 is 0.836 bits per heavy atom. The molecule has 0 bridgehead atoms. The first-order valence-electron chi connectivity index (χ1n) is 33.0. The molecule has 5 heteroatoms. The summed E-state index contributed by atoms with van der Waals surface area (Å²) in [4.78, 5) is 24.5. The van der Waals surface area contributed by atoms with Crippen LogP contribution in [-0.2, 0) is 19.1 Å². The molecule has 0 aromatic rings. The highest BCUT2D eigenvalue weighted by Crippen LogP contribution is 2.18. The average molecular weight is 1030 g/mol. The zero-order valence-electron chi connectivity index (χ0n) is 49.4. The largest absolute Gasteiger partial charge is 0.462 e. The van der Waals surface area contributed by atoms with Crippen LogP contribution >= 0.6 is 0 Å². The molecule has 0 aliphatic rings. The summed E-state index contributed by atoms with van der Waals surface area (Å²) >= 11 is 0. The van der Waals surface area contributed by atoms with Gasteiger partial charge in [0.1, 0.15) is 6.61 Å². The van der Waals surface area contributed by atoms with Gasteiger partial charge in [0, 0.05) is 12.8 Å². The third kappa shape index (κ3) is 62.6. The summed E-state index contributed by atoms with van der Waals surface area (Å²) in [6.45, 7) is 4.16. The van der Waals surface area contributed by atoms with Crippen molar-refractivity contribution in [3.8, 4) is 0 Å². The normalized spacial score (nSPS) is 12.3. The van der Waals surface area contributed by atoms with Crippen LogP contribution in [-0.4, -0.2) is 36.4 Å². The van der Waals surface area contributed by atoms with E-state index in [4.69, 9.17) is 9.47 Å². The number of aliphatic hydroxyl groups excluding tert-OH is 1. The monoisotopic (exact) mass is 1020 g/mol. The number of rotatable bonds is 62. The van der Waals surface area contributed by atoms with Gasteiger partial charge in [-0.2, -0.15) is 0 Å². The number of hydrogen-bond acceptors (Lipinski definition) is 5. The first-order valence-corrected chi connectivity index (χ1v) is 33.0. The summed E-state index contributed by atoms with van der Waals surface area (Å²) in [5.41, 5.74) is 0. The number of allylic oxidation sites excluding steroid dienone is 6. The smallest absolute Gasteiger partial charge is 0.306 e. The van der Waals surface area contributed by atoms with Gasteiger partial charge in [0.25, 0.3) is 0 Å². The Hall–Kier alpha value is -1.88. The summed E-state index contributed by atoms with van der Waals surface area (Å²) < 4.78 is 10.7. The Bertz CT molecular complexity index is 1160. The van der Waals surface area contributed by atoms with Crippen molar-refractivity contribution in [2.45, 2.75) is 373 Å². The van der Waals surface area contributed by atoms with Crippen molar-refractivity contribution in [3.05, 3.63) is 36.5 Å². The second-order valence-corrected chi connectivity index (χ2v) is 22.5.